The van der Waals surface area contributed by atoms with Gasteiger partial charge in [-0.15, -0.1) is 10.2 Å². The third-order valence-corrected chi connectivity index (χ3v) is 1.07. The molecule has 70 valence electrons. The van der Waals surface area contributed by atoms with Gasteiger partial charge in [-0.25, -0.2) is 4.98 Å². The fraction of sp³-hybridized carbons (Fsp3) is 0.200. The quantitative estimate of drug-likeness (QED) is 0.678. The third-order valence-electron chi connectivity index (χ3n) is 1.07. The van der Waals surface area contributed by atoms with Crippen molar-refractivity contribution in [1.29, 1.82) is 0 Å². The van der Waals surface area contributed by atoms with Gasteiger partial charge in [0.1, 0.15) is 0 Å². The van der Waals surface area contributed by atoms with E-state index >= 15 is 0 Å². The predicted octanol–water partition coefficient (Wildman–Crippen LogP) is -0.0107. The number of carbonyl (C=O) groups is 1. The Balaban J connectivity index is 3.01. The molecule has 0 fully saturated rings. The van der Waals surface area contributed by atoms with E-state index in [-0.39, 0.29) is 0 Å². The van der Waals surface area contributed by atoms with E-state index in [1.54, 1.807) is 0 Å². The summed E-state index contributed by atoms with van der Waals surface area (Å²) in [6.45, 7) is 0. The molecular formula is C5H3F3N4O. The highest BCUT2D eigenvalue weighted by Gasteiger charge is 2.33. The predicted molar refractivity (Wildman–Crippen MR) is 33.3 cm³/mol. The molecule has 0 unspecified atom stereocenters. The molecule has 8 heteroatoms. The van der Waals surface area contributed by atoms with E-state index in [1.807, 2.05) is 0 Å². The first-order valence-corrected chi connectivity index (χ1v) is 2.98. The van der Waals surface area contributed by atoms with Gasteiger partial charge in [0.15, 0.2) is 5.69 Å². The summed E-state index contributed by atoms with van der Waals surface area (Å²) < 4.78 is 35.6. The number of rotatable bonds is 1. The molecule has 0 saturated heterocycles. The van der Waals surface area contributed by atoms with Crippen molar-refractivity contribution in [2.45, 2.75) is 6.18 Å². The molecule has 2 N–H and O–H groups in total. The van der Waals surface area contributed by atoms with Crippen LogP contribution in [0.3, 0.4) is 0 Å². The molecule has 1 rings (SSSR count). The fourth-order valence-corrected chi connectivity index (χ4v) is 0.518. The number of alkyl halides is 3. The average molecular weight is 192 g/mol. The zero-order chi connectivity index (χ0) is 10.1. The summed E-state index contributed by atoms with van der Waals surface area (Å²) in [6, 6.07) is 0. The first kappa shape index (κ1) is 9.36. The smallest absolute Gasteiger partial charge is 0.363 e. The van der Waals surface area contributed by atoms with Crippen LogP contribution in [-0.4, -0.2) is 21.1 Å². The summed E-state index contributed by atoms with van der Waals surface area (Å²) in [5, 5.41) is 5.62. The lowest BCUT2D eigenvalue weighted by atomic mass is 10.4. The topological polar surface area (TPSA) is 81.8 Å². The Kier molecular flexibility index (Phi) is 2.13. The van der Waals surface area contributed by atoms with E-state index in [0.29, 0.717) is 6.20 Å². The maximum atomic E-state index is 11.9. The van der Waals surface area contributed by atoms with Gasteiger partial charge in [0.05, 0.1) is 6.20 Å². The molecule has 0 radical (unpaired) electrons. The fourth-order valence-electron chi connectivity index (χ4n) is 0.518. The van der Waals surface area contributed by atoms with Crippen LogP contribution in [0.4, 0.5) is 13.2 Å². The Morgan fingerprint density at radius 3 is 2.31 bits per heavy atom. The second-order valence-electron chi connectivity index (χ2n) is 2.03. The molecule has 0 aromatic carbocycles. The molecule has 0 saturated carbocycles. The Labute approximate surface area is 69.8 Å². The first-order chi connectivity index (χ1) is 5.91. The van der Waals surface area contributed by atoms with Crippen LogP contribution >= 0.6 is 0 Å². The Morgan fingerprint density at radius 1 is 1.38 bits per heavy atom. The minimum absolute atomic E-state index is 0.396. The largest absolute Gasteiger partial charge is 0.436 e. The van der Waals surface area contributed by atoms with Gasteiger partial charge in [-0.1, -0.05) is 0 Å². The maximum absolute atomic E-state index is 11.9. The van der Waals surface area contributed by atoms with E-state index in [4.69, 9.17) is 0 Å². The molecule has 1 heterocycles. The third kappa shape index (κ3) is 2.10. The van der Waals surface area contributed by atoms with Crippen molar-refractivity contribution in [1.82, 2.24) is 15.2 Å². The summed E-state index contributed by atoms with van der Waals surface area (Å²) in [5.74, 6) is -1.57. The van der Waals surface area contributed by atoms with Crippen molar-refractivity contribution in [3.05, 3.63) is 17.7 Å². The van der Waals surface area contributed by atoms with Crippen LogP contribution in [0.25, 0.3) is 0 Å². The van der Waals surface area contributed by atoms with Crippen LogP contribution in [0, 0.1) is 0 Å². The van der Waals surface area contributed by atoms with Gasteiger partial charge in [0.2, 0.25) is 5.82 Å². The molecule has 1 aromatic heterocycles. The molecule has 0 aliphatic carbocycles. The number of carbonyl (C=O) groups excluding carboxylic acids is 1. The SMILES string of the molecule is NC(=O)c1ncc(C(F)(F)F)nn1. The second kappa shape index (κ2) is 2.96. The van der Waals surface area contributed by atoms with Crippen LogP contribution in [0.2, 0.25) is 0 Å². The molecule has 1 amide bonds. The molecule has 0 spiro atoms. The van der Waals surface area contributed by atoms with E-state index in [9.17, 15) is 18.0 Å². The highest BCUT2D eigenvalue weighted by molar-refractivity contribution is 5.88. The minimum Gasteiger partial charge on any atom is -0.363 e. The van der Waals surface area contributed by atoms with Gasteiger partial charge in [-0.05, 0) is 0 Å². The van der Waals surface area contributed by atoms with Gasteiger partial charge in [0.25, 0.3) is 5.91 Å². The molecule has 5 nitrogen and oxygen atoms in total. The summed E-state index contributed by atoms with van der Waals surface area (Å²) in [4.78, 5) is 13.4. The number of aromatic nitrogens is 3. The van der Waals surface area contributed by atoms with Crippen LogP contribution in [-0.2, 0) is 6.18 Å². The normalized spacial score (nSPS) is 11.3. The van der Waals surface area contributed by atoms with Crippen molar-refractivity contribution in [2.75, 3.05) is 0 Å². The van der Waals surface area contributed by atoms with Gasteiger partial charge in [-0.3, -0.25) is 4.79 Å². The zero-order valence-corrected chi connectivity index (χ0v) is 6.04. The van der Waals surface area contributed by atoms with Gasteiger partial charge < -0.3 is 5.73 Å². The lowest BCUT2D eigenvalue weighted by Gasteiger charge is -2.02. The summed E-state index contributed by atoms with van der Waals surface area (Å²) in [5.41, 5.74) is 3.42. The molecule has 0 aliphatic heterocycles. The molecule has 0 bridgehead atoms. The molecular weight excluding hydrogens is 189 g/mol. The van der Waals surface area contributed by atoms with E-state index in [1.165, 1.54) is 0 Å². The number of primary amides is 1. The van der Waals surface area contributed by atoms with Crippen molar-refractivity contribution < 1.29 is 18.0 Å². The minimum atomic E-state index is -4.61. The van der Waals surface area contributed by atoms with Crippen molar-refractivity contribution in [2.24, 2.45) is 5.73 Å². The van der Waals surface area contributed by atoms with Gasteiger partial charge >= 0.3 is 6.18 Å². The number of hydrogen-bond donors (Lipinski definition) is 1. The lowest BCUT2D eigenvalue weighted by Crippen LogP contribution is -2.18. The monoisotopic (exact) mass is 192 g/mol. The van der Waals surface area contributed by atoms with E-state index in [0.717, 1.165) is 0 Å². The van der Waals surface area contributed by atoms with Gasteiger partial charge in [-0.2, -0.15) is 13.2 Å². The summed E-state index contributed by atoms with van der Waals surface area (Å²) in [7, 11) is 0. The first-order valence-electron chi connectivity index (χ1n) is 2.98. The lowest BCUT2D eigenvalue weighted by molar-refractivity contribution is -0.142. The molecule has 1 aromatic rings. The van der Waals surface area contributed by atoms with Crippen LogP contribution in [0.1, 0.15) is 16.3 Å². The zero-order valence-electron chi connectivity index (χ0n) is 6.04. The van der Waals surface area contributed by atoms with Gasteiger partial charge in [0, 0.05) is 0 Å². The van der Waals surface area contributed by atoms with Crippen molar-refractivity contribution in [3.8, 4) is 0 Å². The maximum Gasteiger partial charge on any atom is 0.436 e. The number of amides is 1. The van der Waals surface area contributed by atoms with Crippen LogP contribution in [0.15, 0.2) is 6.20 Å². The number of hydrogen-bond acceptors (Lipinski definition) is 4. The Morgan fingerprint density at radius 2 is 2.00 bits per heavy atom. The Bertz CT molecular complexity index is 320. The van der Waals surface area contributed by atoms with E-state index < -0.39 is 23.6 Å². The standard InChI is InChI=1S/C5H3F3N4O/c6-5(7,8)2-1-10-4(3(9)13)12-11-2/h1H,(H2,9,13). The molecule has 0 atom stereocenters. The summed E-state index contributed by atoms with van der Waals surface area (Å²) in [6.07, 6.45) is -4.22. The van der Waals surface area contributed by atoms with Crippen molar-refractivity contribution in [3.63, 3.8) is 0 Å². The highest BCUT2D eigenvalue weighted by Crippen LogP contribution is 2.25. The summed E-state index contributed by atoms with van der Waals surface area (Å²) >= 11 is 0. The highest BCUT2D eigenvalue weighted by atomic mass is 19.4. The number of nitrogens with zero attached hydrogens (tertiary/aromatic N) is 3. The number of nitrogens with two attached hydrogens (primary N) is 1. The average Bonchev–Trinajstić information content (AvgIpc) is 2.03. The Hall–Kier alpha value is -1.73. The second-order valence-corrected chi connectivity index (χ2v) is 2.03. The van der Waals surface area contributed by atoms with E-state index in [2.05, 4.69) is 20.9 Å². The van der Waals surface area contributed by atoms with Crippen LogP contribution < -0.4 is 5.73 Å². The van der Waals surface area contributed by atoms with Crippen molar-refractivity contribution >= 4 is 5.91 Å². The molecule has 0 aliphatic rings. The molecule has 13 heavy (non-hydrogen) atoms. The van der Waals surface area contributed by atoms with Crippen LogP contribution in [0.5, 0.6) is 0 Å². The number of halogens is 3.